The number of piperazine rings is 1. The molecule has 0 unspecified atom stereocenters. The predicted molar refractivity (Wildman–Crippen MR) is 120 cm³/mol. The number of aromatic nitrogens is 1. The lowest BCUT2D eigenvalue weighted by atomic mass is 10.1. The zero-order chi connectivity index (χ0) is 20.3. The van der Waals surface area contributed by atoms with E-state index >= 15 is 0 Å². The van der Waals surface area contributed by atoms with Crippen molar-refractivity contribution in [3.8, 4) is 0 Å². The maximum Gasteiger partial charge on any atom is 0.191 e. The van der Waals surface area contributed by atoms with Crippen LogP contribution in [0.2, 0.25) is 0 Å². The van der Waals surface area contributed by atoms with Crippen LogP contribution in [0.15, 0.2) is 53.7 Å². The molecule has 0 atom stereocenters. The lowest BCUT2D eigenvalue weighted by Gasteiger charge is -2.32. The van der Waals surface area contributed by atoms with Gasteiger partial charge in [-0.15, -0.1) is 0 Å². The van der Waals surface area contributed by atoms with E-state index in [0.29, 0.717) is 6.54 Å². The molecule has 1 aliphatic heterocycles. The number of aliphatic imine (C=N–C) groups is 1. The van der Waals surface area contributed by atoms with E-state index in [2.05, 4.69) is 69.7 Å². The van der Waals surface area contributed by atoms with Crippen molar-refractivity contribution in [1.82, 2.24) is 25.4 Å². The Balaban J connectivity index is 1.46. The summed E-state index contributed by atoms with van der Waals surface area (Å²) in [6.07, 6.45) is 2.72. The number of nitrogens with zero attached hydrogens (tertiary/aromatic N) is 4. The Morgan fingerprint density at radius 1 is 1.00 bits per heavy atom. The second kappa shape index (κ2) is 11.5. The van der Waals surface area contributed by atoms with E-state index in [4.69, 9.17) is 4.99 Å². The second-order valence-corrected chi connectivity index (χ2v) is 7.59. The number of nitrogens with one attached hydrogen (secondary N) is 2. The van der Waals surface area contributed by atoms with Gasteiger partial charge in [0.15, 0.2) is 5.96 Å². The van der Waals surface area contributed by atoms with Gasteiger partial charge in [-0.05, 0) is 37.2 Å². The van der Waals surface area contributed by atoms with Gasteiger partial charge in [0.05, 0.1) is 6.54 Å². The van der Waals surface area contributed by atoms with Gasteiger partial charge < -0.3 is 15.5 Å². The summed E-state index contributed by atoms with van der Waals surface area (Å²) >= 11 is 0. The molecular formula is C23H34N6. The van der Waals surface area contributed by atoms with Crippen molar-refractivity contribution in [3.05, 3.63) is 65.5 Å². The summed E-state index contributed by atoms with van der Waals surface area (Å²) < 4.78 is 0. The maximum atomic E-state index is 4.73. The summed E-state index contributed by atoms with van der Waals surface area (Å²) in [7, 11) is 2.20. The molecule has 2 heterocycles. The molecular weight excluding hydrogens is 360 g/mol. The summed E-state index contributed by atoms with van der Waals surface area (Å²) in [5.74, 6) is 0.852. The Labute approximate surface area is 175 Å². The summed E-state index contributed by atoms with van der Waals surface area (Å²) in [5, 5.41) is 6.71. The molecule has 0 bridgehead atoms. The largest absolute Gasteiger partial charge is 0.357 e. The normalized spacial score (nSPS) is 16.0. The van der Waals surface area contributed by atoms with Crippen LogP contribution in [0.1, 0.15) is 23.7 Å². The standard InChI is InChI=1S/C23H34N6/c1-3-24-23(26-13-11-22-6-4-5-12-25-22)27-18-20-7-9-21(10-8-20)19-29-16-14-28(2)15-17-29/h4-10,12H,3,11,13-19H2,1-2H3,(H2,24,26,27). The molecule has 0 saturated carbocycles. The number of hydrogen-bond acceptors (Lipinski definition) is 4. The highest BCUT2D eigenvalue weighted by molar-refractivity contribution is 5.79. The molecule has 2 N–H and O–H groups in total. The molecule has 1 aliphatic rings. The monoisotopic (exact) mass is 394 g/mol. The average molecular weight is 395 g/mol. The first kappa shape index (κ1) is 21.3. The van der Waals surface area contributed by atoms with Gasteiger partial charge in [0.2, 0.25) is 0 Å². The fourth-order valence-electron chi connectivity index (χ4n) is 3.38. The summed E-state index contributed by atoms with van der Waals surface area (Å²) in [6.45, 7) is 10.1. The minimum atomic E-state index is 0.674. The molecule has 1 saturated heterocycles. The SMILES string of the molecule is CCNC(=NCc1ccc(CN2CCN(C)CC2)cc1)NCCc1ccccn1. The number of benzene rings is 1. The van der Waals surface area contributed by atoms with Crippen LogP contribution < -0.4 is 10.6 Å². The quantitative estimate of drug-likeness (QED) is 0.531. The average Bonchev–Trinajstić information content (AvgIpc) is 2.75. The molecule has 0 amide bonds. The molecule has 0 radical (unpaired) electrons. The summed E-state index contributed by atoms with van der Waals surface area (Å²) in [5.41, 5.74) is 3.70. The van der Waals surface area contributed by atoms with Crippen LogP contribution in [-0.4, -0.2) is 67.1 Å². The third-order valence-corrected chi connectivity index (χ3v) is 5.19. The van der Waals surface area contributed by atoms with Crippen LogP contribution in [0, 0.1) is 0 Å². The molecule has 0 aliphatic carbocycles. The molecule has 6 heteroatoms. The lowest BCUT2D eigenvalue weighted by Crippen LogP contribution is -2.43. The van der Waals surface area contributed by atoms with Crippen LogP contribution in [0.25, 0.3) is 0 Å². The smallest absolute Gasteiger partial charge is 0.191 e. The number of pyridine rings is 1. The van der Waals surface area contributed by atoms with Gasteiger partial charge in [0.1, 0.15) is 0 Å². The van der Waals surface area contributed by atoms with Crippen LogP contribution in [0.4, 0.5) is 0 Å². The van der Waals surface area contributed by atoms with Crippen molar-refractivity contribution >= 4 is 5.96 Å². The minimum absolute atomic E-state index is 0.674. The second-order valence-electron chi connectivity index (χ2n) is 7.59. The van der Waals surface area contributed by atoms with E-state index in [1.54, 1.807) is 0 Å². The highest BCUT2D eigenvalue weighted by Crippen LogP contribution is 2.10. The maximum absolute atomic E-state index is 4.73. The van der Waals surface area contributed by atoms with Gasteiger partial charge in [0, 0.05) is 64.1 Å². The van der Waals surface area contributed by atoms with Crippen LogP contribution in [-0.2, 0) is 19.5 Å². The number of guanidine groups is 1. The highest BCUT2D eigenvalue weighted by Gasteiger charge is 2.13. The summed E-state index contributed by atoms with van der Waals surface area (Å²) in [4.78, 5) is 14.0. The van der Waals surface area contributed by atoms with Gasteiger partial charge in [-0.25, -0.2) is 4.99 Å². The number of likely N-dealkylation sites (N-methyl/N-ethyl adjacent to an activating group) is 1. The highest BCUT2D eigenvalue weighted by atomic mass is 15.2. The number of rotatable bonds is 8. The predicted octanol–water partition coefficient (Wildman–Crippen LogP) is 2.13. The van der Waals surface area contributed by atoms with E-state index in [0.717, 1.165) is 63.9 Å². The molecule has 1 aromatic heterocycles. The lowest BCUT2D eigenvalue weighted by molar-refractivity contribution is 0.148. The van der Waals surface area contributed by atoms with E-state index in [-0.39, 0.29) is 0 Å². The Bertz CT molecular complexity index is 736. The Morgan fingerprint density at radius 2 is 1.76 bits per heavy atom. The van der Waals surface area contributed by atoms with Crippen molar-refractivity contribution in [3.63, 3.8) is 0 Å². The Hall–Kier alpha value is -2.44. The Morgan fingerprint density at radius 3 is 2.45 bits per heavy atom. The molecule has 29 heavy (non-hydrogen) atoms. The topological polar surface area (TPSA) is 55.8 Å². The Kier molecular flexibility index (Phi) is 8.46. The molecule has 0 spiro atoms. The first-order valence-corrected chi connectivity index (χ1v) is 10.6. The molecule has 3 rings (SSSR count). The molecule has 6 nitrogen and oxygen atoms in total. The third-order valence-electron chi connectivity index (χ3n) is 5.19. The van der Waals surface area contributed by atoms with Crippen molar-refractivity contribution in [2.75, 3.05) is 46.3 Å². The van der Waals surface area contributed by atoms with E-state index in [9.17, 15) is 0 Å². The molecule has 2 aromatic rings. The zero-order valence-electron chi connectivity index (χ0n) is 17.8. The first-order chi connectivity index (χ1) is 14.2. The molecule has 156 valence electrons. The van der Waals surface area contributed by atoms with E-state index in [1.807, 2.05) is 18.3 Å². The van der Waals surface area contributed by atoms with Crippen LogP contribution in [0.3, 0.4) is 0 Å². The minimum Gasteiger partial charge on any atom is -0.357 e. The van der Waals surface area contributed by atoms with Crippen LogP contribution in [0.5, 0.6) is 0 Å². The first-order valence-electron chi connectivity index (χ1n) is 10.6. The van der Waals surface area contributed by atoms with E-state index < -0.39 is 0 Å². The van der Waals surface area contributed by atoms with E-state index in [1.165, 1.54) is 11.1 Å². The van der Waals surface area contributed by atoms with Crippen molar-refractivity contribution in [2.24, 2.45) is 4.99 Å². The van der Waals surface area contributed by atoms with Crippen molar-refractivity contribution in [2.45, 2.75) is 26.4 Å². The van der Waals surface area contributed by atoms with Gasteiger partial charge in [-0.3, -0.25) is 9.88 Å². The van der Waals surface area contributed by atoms with Gasteiger partial charge >= 0.3 is 0 Å². The number of hydrogen-bond donors (Lipinski definition) is 2. The molecule has 1 aromatic carbocycles. The van der Waals surface area contributed by atoms with Gasteiger partial charge in [0.25, 0.3) is 0 Å². The summed E-state index contributed by atoms with van der Waals surface area (Å²) in [6, 6.07) is 14.9. The van der Waals surface area contributed by atoms with Crippen molar-refractivity contribution < 1.29 is 0 Å². The van der Waals surface area contributed by atoms with Crippen molar-refractivity contribution in [1.29, 1.82) is 0 Å². The third kappa shape index (κ3) is 7.48. The zero-order valence-corrected chi connectivity index (χ0v) is 17.8. The fourth-order valence-corrected chi connectivity index (χ4v) is 3.38. The fraction of sp³-hybridized carbons (Fsp3) is 0.478. The van der Waals surface area contributed by atoms with Gasteiger partial charge in [-0.2, -0.15) is 0 Å². The van der Waals surface area contributed by atoms with Crippen LogP contribution >= 0.6 is 0 Å². The molecule has 1 fully saturated rings. The van der Waals surface area contributed by atoms with Gasteiger partial charge in [-0.1, -0.05) is 30.3 Å².